The van der Waals surface area contributed by atoms with Crippen LogP contribution in [0.25, 0.3) is 5.65 Å². The number of imidazole rings is 1. The van der Waals surface area contributed by atoms with E-state index in [-0.39, 0.29) is 6.61 Å². The molecule has 0 aromatic carbocycles. The second kappa shape index (κ2) is 5.26. The fraction of sp³-hybridized carbons (Fsp3) is 0.545. The molecule has 1 fully saturated rings. The largest absolute Gasteiger partial charge is 0.394 e. The molecule has 3 heterocycles. The van der Waals surface area contributed by atoms with Crippen LogP contribution in [0.1, 0.15) is 11.8 Å². The molecular weight excluding hydrogens is 284 g/mol. The topological polar surface area (TPSA) is 113 Å². The average Bonchev–Trinajstić information content (AvgIpc) is 3.01. The first-order chi connectivity index (χ1) is 9.67. The van der Waals surface area contributed by atoms with Crippen molar-refractivity contribution in [2.24, 2.45) is 0 Å². The smallest absolute Gasteiger partial charge is 0.186 e. The minimum absolute atomic E-state index is 0.365. The molecule has 8 nitrogen and oxygen atoms in total. The van der Waals surface area contributed by atoms with Crippen LogP contribution in [0.5, 0.6) is 0 Å². The second-order valence-electron chi connectivity index (χ2n) is 4.45. The van der Waals surface area contributed by atoms with Crippen molar-refractivity contribution < 1.29 is 20.1 Å². The molecule has 3 N–H and O–H groups in total. The summed E-state index contributed by atoms with van der Waals surface area (Å²) in [4.78, 5) is 8.33. The first-order valence-corrected chi connectivity index (χ1v) is 7.25. The molecule has 0 aliphatic carbocycles. The highest BCUT2D eigenvalue weighted by molar-refractivity contribution is 7.98. The summed E-state index contributed by atoms with van der Waals surface area (Å²) >= 11 is 1.43. The summed E-state index contributed by atoms with van der Waals surface area (Å²) in [5, 5.41) is 33.8. The number of hydrogen-bond acceptors (Lipinski definition) is 8. The van der Waals surface area contributed by atoms with Crippen molar-refractivity contribution in [1.29, 1.82) is 0 Å². The number of fused-ring (bicyclic) bond motifs is 1. The van der Waals surface area contributed by atoms with Crippen LogP contribution in [0.2, 0.25) is 0 Å². The summed E-state index contributed by atoms with van der Waals surface area (Å²) < 4.78 is 7.01. The third-order valence-electron chi connectivity index (χ3n) is 3.32. The number of nitrogens with zero attached hydrogens (tertiary/aromatic N) is 4. The van der Waals surface area contributed by atoms with Gasteiger partial charge in [-0.15, -0.1) is 11.8 Å². The van der Waals surface area contributed by atoms with Gasteiger partial charge >= 0.3 is 0 Å². The predicted molar refractivity (Wildman–Crippen MR) is 69.3 cm³/mol. The molecule has 0 radical (unpaired) electrons. The zero-order valence-corrected chi connectivity index (χ0v) is 11.4. The highest BCUT2D eigenvalue weighted by Crippen LogP contribution is 2.34. The van der Waals surface area contributed by atoms with E-state index in [9.17, 15) is 10.2 Å². The van der Waals surface area contributed by atoms with Crippen LogP contribution in [0.4, 0.5) is 0 Å². The number of aliphatic hydroxyl groups excluding tert-OH is 3. The second-order valence-corrected chi connectivity index (χ2v) is 5.24. The quantitative estimate of drug-likeness (QED) is 0.618. The first-order valence-electron chi connectivity index (χ1n) is 6.02. The molecule has 1 aliphatic rings. The monoisotopic (exact) mass is 298 g/mol. The van der Waals surface area contributed by atoms with E-state index in [1.807, 2.05) is 6.26 Å². The number of rotatable bonds is 3. The molecule has 0 bridgehead atoms. The lowest BCUT2D eigenvalue weighted by molar-refractivity contribution is -0.0244. The van der Waals surface area contributed by atoms with Crippen molar-refractivity contribution >= 4 is 17.4 Å². The van der Waals surface area contributed by atoms with Gasteiger partial charge in [0.05, 0.1) is 18.5 Å². The van der Waals surface area contributed by atoms with Crippen molar-refractivity contribution in [3.05, 3.63) is 18.2 Å². The Morgan fingerprint density at radius 2 is 2.15 bits per heavy atom. The van der Waals surface area contributed by atoms with Gasteiger partial charge in [0.2, 0.25) is 0 Å². The van der Waals surface area contributed by atoms with Gasteiger partial charge in [0.15, 0.2) is 5.65 Å². The van der Waals surface area contributed by atoms with Crippen molar-refractivity contribution in [2.75, 3.05) is 12.9 Å². The lowest BCUT2D eigenvalue weighted by Gasteiger charge is -2.13. The van der Waals surface area contributed by atoms with E-state index in [0.717, 1.165) is 0 Å². The average molecular weight is 298 g/mol. The van der Waals surface area contributed by atoms with E-state index in [0.29, 0.717) is 16.4 Å². The molecule has 0 spiro atoms. The van der Waals surface area contributed by atoms with Gasteiger partial charge in [0.1, 0.15) is 35.8 Å². The van der Waals surface area contributed by atoms with Gasteiger partial charge < -0.3 is 20.1 Å². The molecule has 9 heteroatoms. The summed E-state index contributed by atoms with van der Waals surface area (Å²) in [6.07, 6.45) is 0.916. The van der Waals surface area contributed by atoms with Gasteiger partial charge in [0.25, 0.3) is 0 Å². The van der Waals surface area contributed by atoms with Gasteiger partial charge in [-0.3, -0.25) is 0 Å². The maximum atomic E-state index is 10.0. The Morgan fingerprint density at radius 3 is 2.80 bits per heavy atom. The first kappa shape index (κ1) is 13.7. The SMILES string of the molecule is CSc1ncnn2c([C@@H]3O[C@H](CO)[C@@H](O)[C@H]3O)cnc12. The summed E-state index contributed by atoms with van der Waals surface area (Å²) in [6, 6.07) is 0. The summed E-state index contributed by atoms with van der Waals surface area (Å²) in [6.45, 7) is -0.365. The van der Waals surface area contributed by atoms with Crippen molar-refractivity contribution in [1.82, 2.24) is 19.6 Å². The molecule has 0 saturated carbocycles. The third-order valence-corrected chi connectivity index (χ3v) is 4.00. The maximum Gasteiger partial charge on any atom is 0.186 e. The van der Waals surface area contributed by atoms with E-state index in [1.165, 1.54) is 28.8 Å². The van der Waals surface area contributed by atoms with Crippen LogP contribution >= 0.6 is 11.8 Å². The number of hydrogen-bond donors (Lipinski definition) is 3. The van der Waals surface area contributed by atoms with Crippen LogP contribution in [0.3, 0.4) is 0 Å². The lowest BCUT2D eigenvalue weighted by Crippen LogP contribution is -2.32. The summed E-state index contributed by atoms with van der Waals surface area (Å²) in [5.74, 6) is 0. The van der Waals surface area contributed by atoms with Crippen LogP contribution in [-0.4, -0.2) is 66.1 Å². The number of ether oxygens (including phenoxy) is 1. The molecule has 1 saturated heterocycles. The molecule has 2 aromatic rings. The van der Waals surface area contributed by atoms with Gasteiger partial charge in [-0.05, 0) is 6.26 Å². The fourth-order valence-electron chi connectivity index (χ4n) is 2.30. The Bertz CT molecular complexity index is 621. The van der Waals surface area contributed by atoms with Crippen LogP contribution in [0.15, 0.2) is 17.6 Å². The van der Waals surface area contributed by atoms with E-state index < -0.39 is 24.4 Å². The fourth-order valence-corrected chi connectivity index (χ4v) is 2.77. The molecule has 3 rings (SSSR count). The van der Waals surface area contributed by atoms with Crippen molar-refractivity contribution in [3.63, 3.8) is 0 Å². The van der Waals surface area contributed by atoms with Gasteiger partial charge in [0, 0.05) is 0 Å². The van der Waals surface area contributed by atoms with E-state index in [1.54, 1.807) is 0 Å². The lowest BCUT2D eigenvalue weighted by atomic mass is 10.1. The Labute approximate surface area is 118 Å². The standard InChI is InChI=1S/C11H14N4O4S/c1-20-11-10-12-2-5(15(10)14-4-13-11)9-8(18)7(17)6(3-16)19-9/h2,4,6-9,16-18H,3H2,1H3/t6-,7-,8-,9+/m1/s1. The molecule has 2 aromatic heterocycles. The van der Waals surface area contributed by atoms with Crippen LogP contribution in [0, 0.1) is 0 Å². The number of aromatic nitrogens is 4. The number of aliphatic hydroxyl groups is 3. The highest BCUT2D eigenvalue weighted by atomic mass is 32.2. The van der Waals surface area contributed by atoms with Gasteiger partial charge in [-0.1, -0.05) is 0 Å². The Kier molecular flexibility index (Phi) is 3.61. The Morgan fingerprint density at radius 1 is 1.35 bits per heavy atom. The molecule has 0 amide bonds. The predicted octanol–water partition coefficient (Wildman–Crippen LogP) is -1.000. The zero-order valence-electron chi connectivity index (χ0n) is 10.6. The van der Waals surface area contributed by atoms with Crippen molar-refractivity contribution in [3.8, 4) is 0 Å². The van der Waals surface area contributed by atoms with Crippen molar-refractivity contribution in [2.45, 2.75) is 29.4 Å². The van der Waals surface area contributed by atoms with E-state index >= 15 is 0 Å². The Hall–Kier alpha value is -1.26. The van der Waals surface area contributed by atoms with Gasteiger partial charge in [-0.25, -0.2) is 14.5 Å². The summed E-state index contributed by atoms with van der Waals surface area (Å²) in [7, 11) is 0. The third kappa shape index (κ3) is 1.98. The minimum atomic E-state index is -1.14. The molecular formula is C11H14N4O4S. The minimum Gasteiger partial charge on any atom is -0.394 e. The van der Waals surface area contributed by atoms with Crippen LogP contribution < -0.4 is 0 Å². The number of thioether (sulfide) groups is 1. The van der Waals surface area contributed by atoms with E-state index in [2.05, 4.69) is 15.1 Å². The molecule has 4 atom stereocenters. The highest BCUT2D eigenvalue weighted by Gasteiger charge is 2.44. The van der Waals surface area contributed by atoms with Gasteiger partial charge in [-0.2, -0.15) is 5.10 Å². The normalized spacial score (nSPS) is 30.2. The molecule has 1 aliphatic heterocycles. The molecule has 108 valence electrons. The van der Waals surface area contributed by atoms with Crippen LogP contribution in [-0.2, 0) is 4.74 Å². The molecule has 20 heavy (non-hydrogen) atoms. The molecule has 0 unspecified atom stereocenters. The Balaban J connectivity index is 2.03. The maximum absolute atomic E-state index is 10.0. The zero-order chi connectivity index (χ0) is 14.3. The summed E-state index contributed by atoms with van der Waals surface area (Å²) in [5.41, 5.74) is 1.08. The van der Waals surface area contributed by atoms with E-state index in [4.69, 9.17) is 9.84 Å².